The van der Waals surface area contributed by atoms with E-state index in [1.807, 2.05) is 0 Å². The number of likely N-dealkylation sites (N-methyl/N-ethyl adjacent to an activating group) is 1. The van der Waals surface area contributed by atoms with E-state index in [0.29, 0.717) is 0 Å². The third kappa shape index (κ3) is 2.64. The Morgan fingerprint density at radius 2 is 1.57 bits per heavy atom. The molecule has 2 atom stereocenters. The number of Topliss-reactive ketones (excluding diaryl/α,β-unsaturated/α-hetero) is 1. The lowest BCUT2D eigenvalue weighted by Crippen LogP contribution is -2.53. The van der Waals surface area contributed by atoms with Crippen molar-refractivity contribution in [3.63, 3.8) is 0 Å². The predicted octanol–water partition coefficient (Wildman–Crippen LogP) is -0.793. The number of rotatable bonds is 3. The van der Waals surface area contributed by atoms with E-state index >= 15 is 0 Å². The lowest BCUT2D eigenvalue weighted by Gasteiger charge is -2.35. The van der Waals surface area contributed by atoms with Crippen LogP contribution in [0.2, 0.25) is 0 Å². The van der Waals surface area contributed by atoms with Crippen molar-refractivity contribution in [2.75, 3.05) is 14.1 Å². The van der Waals surface area contributed by atoms with Gasteiger partial charge in [0.15, 0.2) is 0 Å². The molecule has 7 nitrogen and oxygen atoms in total. The van der Waals surface area contributed by atoms with Crippen molar-refractivity contribution < 1.29 is 19.2 Å². The van der Waals surface area contributed by atoms with Crippen molar-refractivity contribution in [1.29, 1.82) is 0 Å². The summed E-state index contributed by atoms with van der Waals surface area (Å²) < 4.78 is 0. The highest BCUT2D eigenvalue weighted by Crippen LogP contribution is 2.32. The standard InChI is InChI=1S/C14H21N3O4/c1-15-12(19)9-10(13(20)16-2)17(14(21)11(9)18)8-6-4-3-5-7-8/h8-10H,3-7H2,1-2H3,(H,15,19)(H,16,20)/t9-,10-/m1/s1. The first-order chi connectivity index (χ1) is 10.0. The number of amides is 3. The number of carbonyl (C=O) groups is 4. The van der Waals surface area contributed by atoms with Crippen LogP contribution in [0.4, 0.5) is 0 Å². The Labute approximate surface area is 123 Å². The van der Waals surface area contributed by atoms with Crippen LogP contribution in [0.5, 0.6) is 0 Å². The van der Waals surface area contributed by atoms with Gasteiger partial charge < -0.3 is 15.5 Å². The number of nitrogens with one attached hydrogen (secondary N) is 2. The Kier molecular flexibility index (Phi) is 4.59. The van der Waals surface area contributed by atoms with Crippen LogP contribution in [0.3, 0.4) is 0 Å². The maximum Gasteiger partial charge on any atom is 0.291 e. The minimum atomic E-state index is -1.25. The van der Waals surface area contributed by atoms with Crippen LogP contribution < -0.4 is 10.6 Å². The van der Waals surface area contributed by atoms with Crippen molar-refractivity contribution in [2.24, 2.45) is 5.92 Å². The molecule has 2 fully saturated rings. The molecule has 3 amide bonds. The van der Waals surface area contributed by atoms with Gasteiger partial charge in [-0.3, -0.25) is 19.2 Å². The van der Waals surface area contributed by atoms with E-state index in [-0.39, 0.29) is 6.04 Å². The molecule has 1 heterocycles. The van der Waals surface area contributed by atoms with Crippen molar-refractivity contribution in [2.45, 2.75) is 44.2 Å². The third-order valence-corrected chi connectivity index (χ3v) is 4.36. The molecule has 1 saturated carbocycles. The molecule has 0 aromatic carbocycles. The average Bonchev–Trinajstić information content (AvgIpc) is 2.78. The highest BCUT2D eigenvalue weighted by Gasteiger charge is 2.55. The molecule has 0 unspecified atom stereocenters. The van der Waals surface area contributed by atoms with Gasteiger partial charge in [0.05, 0.1) is 0 Å². The molecule has 1 saturated heterocycles. The Balaban J connectivity index is 2.36. The first-order valence-corrected chi connectivity index (χ1v) is 7.32. The second-order valence-electron chi connectivity index (χ2n) is 5.52. The minimum Gasteiger partial charge on any atom is -0.358 e. The van der Waals surface area contributed by atoms with Gasteiger partial charge in [-0.2, -0.15) is 0 Å². The second-order valence-corrected chi connectivity index (χ2v) is 5.52. The van der Waals surface area contributed by atoms with Gasteiger partial charge in [-0.25, -0.2) is 0 Å². The van der Waals surface area contributed by atoms with E-state index in [0.717, 1.165) is 32.1 Å². The Bertz CT molecular complexity index is 471. The quantitative estimate of drug-likeness (QED) is 0.527. The smallest absolute Gasteiger partial charge is 0.291 e. The summed E-state index contributed by atoms with van der Waals surface area (Å²) in [5.41, 5.74) is 0. The van der Waals surface area contributed by atoms with E-state index in [9.17, 15) is 19.2 Å². The number of hydrogen-bond acceptors (Lipinski definition) is 4. The van der Waals surface area contributed by atoms with Gasteiger partial charge in [0.1, 0.15) is 12.0 Å². The molecule has 0 bridgehead atoms. The summed E-state index contributed by atoms with van der Waals surface area (Å²) >= 11 is 0. The number of ketones is 1. The fourth-order valence-electron chi connectivity index (χ4n) is 3.29. The summed E-state index contributed by atoms with van der Waals surface area (Å²) in [6.07, 6.45) is 4.57. The Morgan fingerprint density at radius 1 is 1.00 bits per heavy atom. The highest BCUT2D eigenvalue weighted by molar-refractivity contribution is 6.44. The molecule has 0 aromatic heterocycles. The van der Waals surface area contributed by atoms with Crippen LogP contribution in [0.15, 0.2) is 0 Å². The SMILES string of the molecule is CNC(=O)[C@H]1C(=O)C(=O)N(C2CCCCC2)[C@H]1C(=O)NC. The molecular formula is C14H21N3O4. The molecule has 0 aromatic rings. The van der Waals surface area contributed by atoms with Crippen LogP contribution in [0, 0.1) is 5.92 Å². The van der Waals surface area contributed by atoms with E-state index in [4.69, 9.17) is 0 Å². The molecule has 0 radical (unpaired) electrons. The Hall–Kier alpha value is -1.92. The van der Waals surface area contributed by atoms with Crippen molar-refractivity contribution >= 4 is 23.5 Å². The lowest BCUT2D eigenvalue weighted by atomic mass is 9.92. The second kappa shape index (κ2) is 6.24. The zero-order valence-corrected chi connectivity index (χ0v) is 12.3. The molecule has 2 aliphatic rings. The topological polar surface area (TPSA) is 95.6 Å². The number of likely N-dealkylation sites (tertiary alicyclic amines) is 1. The first-order valence-electron chi connectivity index (χ1n) is 7.32. The van der Waals surface area contributed by atoms with Gasteiger partial charge in [-0.1, -0.05) is 19.3 Å². The molecular weight excluding hydrogens is 274 g/mol. The number of nitrogens with zero attached hydrogens (tertiary/aromatic N) is 1. The molecule has 1 aliphatic heterocycles. The summed E-state index contributed by atoms with van der Waals surface area (Å²) in [5, 5.41) is 4.83. The van der Waals surface area contributed by atoms with Crippen molar-refractivity contribution in [1.82, 2.24) is 15.5 Å². The number of hydrogen-bond donors (Lipinski definition) is 2. The Morgan fingerprint density at radius 3 is 2.10 bits per heavy atom. The van der Waals surface area contributed by atoms with Gasteiger partial charge in [-0.15, -0.1) is 0 Å². The van der Waals surface area contributed by atoms with Gasteiger partial charge in [-0.05, 0) is 12.8 Å². The molecule has 2 rings (SSSR count). The summed E-state index contributed by atoms with van der Waals surface area (Å²) in [6, 6.07) is -1.16. The van der Waals surface area contributed by atoms with E-state index in [1.165, 1.54) is 19.0 Å². The van der Waals surface area contributed by atoms with Crippen LogP contribution in [-0.2, 0) is 19.2 Å². The molecule has 7 heteroatoms. The summed E-state index contributed by atoms with van der Waals surface area (Å²) in [4.78, 5) is 49.9. The van der Waals surface area contributed by atoms with E-state index < -0.39 is 35.5 Å². The average molecular weight is 295 g/mol. The molecule has 116 valence electrons. The summed E-state index contributed by atoms with van der Waals surface area (Å²) in [5.74, 6) is -3.78. The van der Waals surface area contributed by atoms with Crippen LogP contribution >= 0.6 is 0 Å². The molecule has 1 aliphatic carbocycles. The van der Waals surface area contributed by atoms with Gasteiger partial charge in [0.2, 0.25) is 17.6 Å². The van der Waals surface area contributed by atoms with Gasteiger partial charge in [0.25, 0.3) is 5.91 Å². The van der Waals surface area contributed by atoms with Crippen LogP contribution in [0.1, 0.15) is 32.1 Å². The van der Waals surface area contributed by atoms with Crippen molar-refractivity contribution in [3.8, 4) is 0 Å². The van der Waals surface area contributed by atoms with E-state index in [1.54, 1.807) is 0 Å². The summed E-state index contributed by atoms with van der Waals surface area (Å²) in [6.45, 7) is 0. The van der Waals surface area contributed by atoms with E-state index in [2.05, 4.69) is 10.6 Å². The van der Waals surface area contributed by atoms with Gasteiger partial charge in [0, 0.05) is 20.1 Å². The van der Waals surface area contributed by atoms with Gasteiger partial charge >= 0.3 is 0 Å². The number of carbonyl (C=O) groups excluding carboxylic acids is 4. The fourth-order valence-corrected chi connectivity index (χ4v) is 3.29. The largest absolute Gasteiger partial charge is 0.358 e. The zero-order chi connectivity index (χ0) is 15.6. The lowest BCUT2D eigenvalue weighted by molar-refractivity contribution is -0.144. The monoisotopic (exact) mass is 295 g/mol. The summed E-state index contributed by atoms with van der Waals surface area (Å²) in [7, 11) is 2.83. The zero-order valence-electron chi connectivity index (χ0n) is 12.3. The highest BCUT2D eigenvalue weighted by atomic mass is 16.2. The minimum absolute atomic E-state index is 0.132. The first kappa shape index (κ1) is 15.5. The molecule has 2 N–H and O–H groups in total. The molecule has 0 spiro atoms. The maximum atomic E-state index is 12.3. The fraction of sp³-hybridized carbons (Fsp3) is 0.714. The third-order valence-electron chi connectivity index (χ3n) is 4.36. The van der Waals surface area contributed by atoms with Crippen LogP contribution in [-0.4, -0.2) is 54.6 Å². The maximum absolute atomic E-state index is 12.3. The normalized spacial score (nSPS) is 26.9. The van der Waals surface area contributed by atoms with Crippen LogP contribution in [0.25, 0.3) is 0 Å². The predicted molar refractivity (Wildman–Crippen MR) is 74.1 cm³/mol. The molecule has 21 heavy (non-hydrogen) atoms. The van der Waals surface area contributed by atoms with Crippen molar-refractivity contribution in [3.05, 3.63) is 0 Å².